The highest BCUT2D eigenvalue weighted by atomic mass is 15.2. The molecule has 0 aromatic carbocycles. The van der Waals surface area contributed by atoms with E-state index in [4.69, 9.17) is 5.73 Å². The van der Waals surface area contributed by atoms with E-state index >= 15 is 0 Å². The number of likely N-dealkylation sites (N-methyl/N-ethyl adjacent to an activating group) is 1. The lowest BCUT2D eigenvalue weighted by atomic mass is 10.2. The Hall–Kier alpha value is -1.36. The van der Waals surface area contributed by atoms with Gasteiger partial charge in [-0.2, -0.15) is 0 Å². The van der Waals surface area contributed by atoms with Crippen LogP contribution in [0.15, 0.2) is 0 Å². The third-order valence-corrected chi connectivity index (χ3v) is 3.99. The van der Waals surface area contributed by atoms with Gasteiger partial charge in [0.05, 0.1) is 0 Å². The molecule has 1 saturated heterocycles. The number of anilines is 2. The minimum absolute atomic E-state index is 0.617. The maximum Gasteiger partial charge on any atom is 0.137 e. The van der Waals surface area contributed by atoms with Gasteiger partial charge in [0, 0.05) is 32.1 Å². The van der Waals surface area contributed by atoms with Gasteiger partial charge in [0.25, 0.3) is 0 Å². The van der Waals surface area contributed by atoms with Gasteiger partial charge in [-0.15, -0.1) is 0 Å². The van der Waals surface area contributed by atoms with Crippen LogP contribution >= 0.6 is 0 Å². The first-order valence-corrected chi connectivity index (χ1v) is 7.68. The summed E-state index contributed by atoms with van der Waals surface area (Å²) in [4.78, 5) is 13.8. The van der Waals surface area contributed by atoms with Gasteiger partial charge in [-0.3, -0.25) is 0 Å². The number of aryl methyl sites for hydroxylation is 1. The van der Waals surface area contributed by atoms with E-state index in [1.807, 2.05) is 6.92 Å². The highest BCUT2D eigenvalue weighted by Gasteiger charge is 2.15. The number of hydrogen-bond acceptors (Lipinski definition) is 5. The van der Waals surface area contributed by atoms with Crippen molar-refractivity contribution in [3.05, 3.63) is 11.4 Å². The van der Waals surface area contributed by atoms with Gasteiger partial charge in [-0.05, 0) is 39.3 Å². The van der Waals surface area contributed by atoms with Crippen molar-refractivity contribution in [2.45, 2.75) is 39.5 Å². The average molecular weight is 277 g/mol. The summed E-state index contributed by atoms with van der Waals surface area (Å²) in [6.07, 6.45) is 4.60. The summed E-state index contributed by atoms with van der Waals surface area (Å²) in [6, 6.07) is 0. The standard InChI is InChI=1S/C15H27N5/c1-4-7-13-17-14(16)12(2)15(18-13)19(3)10-11-20-8-5-6-9-20/h4-11H2,1-3H3,(H2,16,17,18). The Kier molecular flexibility index (Phi) is 5.17. The van der Waals surface area contributed by atoms with Gasteiger partial charge in [0.1, 0.15) is 17.5 Å². The largest absolute Gasteiger partial charge is 0.383 e. The van der Waals surface area contributed by atoms with Crippen molar-refractivity contribution in [2.24, 2.45) is 0 Å². The SMILES string of the molecule is CCCc1nc(N)c(C)c(N(C)CCN2CCCC2)n1. The molecule has 5 nitrogen and oxygen atoms in total. The molecule has 1 aromatic heterocycles. The molecule has 20 heavy (non-hydrogen) atoms. The zero-order valence-electron chi connectivity index (χ0n) is 13.0. The smallest absolute Gasteiger partial charge is 0.137 e. The lowest BCUT2D eigenvalue weighted by Gasteiger charge is -2.24. The van der Waals surface area contributed by atoms with E-state index in [0.29, 0.717) is 5.82 Å². The molecule has 1 aliphatic rings. The fraction of sp³-hybridized carbons (Fsp3) is 0.733. The second-order valence-electron chi connectivity index (χ2n) is 5.69. The van der Waals surface area contributed by atoms with E-state index in [1.54, 1.807) is 0 Å². The summed E-state index contributed by atoms with van der Waals surface area (Å²) in [5.74, 6) is 2.46. The van der Waals surface area contributed by atoms with Crippen LogP contribution in [0.2, 0.25) is 0 Å². The first kappa shape index (κ1) is 15.0. The minimum Gasteiger partial charge on any atom is -0.383 e. The number of nitrogen functional groups attached to an aromatic ring is 1. The number of nitrogens with zero attached hydrogens (tertiary/aromatic N) is 4. The number of hydrogen-bond donors (Lipinski definition) is 1. The number of nitrogens with two attached hydrogens (primary N) is 1. The molecular formula is C15H27N5. The Morgan fingerprint density at radius 1 is 1.25 bits per heavy atom. The lowest BCUT2D eigenvalue weighted by molar-refractivity contribution is 0.346. The van der Waals surface area contributed by atoms with E-state index in [0.717, 1.165) is 43.1 Å². The first-order valence-electron chi connectivity index (χ1n) is 7.68. The Morgan fingerprint density at radius 2 is 1.95 bits per heavy atom. The Morgan fingerprint density at radius 3 is 2.60 bits per heavy atom. The van der Waals surface area contributed by atoms with Gasteiger partial charge in [-0.25, -0.2) is 9.97 Å². The average Bonchev–Trinajstić information content (AvgIpc) is 2.93. The van der Waals surface area contributed by atoms with E-state index in [1.165, 1.54) is 25.9 Å². The third-order valence-electron chi connectivity index (χ3n) is 3.99. The fourth-order valence-corrected chi connectivity index (χ4v) is 2.68. The van der Waals surface area contributed by atoms with Crippen molar-refractivity contribution in [2.75, 3.05) is 43.9 Å². The molecule has 2 heterocycles. The molecule has 112 valence electrons. The van der Waals surface area contributed by atoms with E-state index < -0.39 is 0 Å². The molecule has 0 aliphatic carbocycles. The van der Waals surface area contributed by atoms with E-state index in [2.05, 4.69) is 33.7 Å². The molecule has 2 rings (SSSR count). The fourth-order valence-electron chi connectivity index (χ4n) is 2.68. The normalized spacial score (nSPS) is 15.8. The number of aromatic nitrogens is 2. The first-order chi connectivity index (χ1) is 9.61. The molecule has 2 N–H and O–H groups in total. The van der Waals surface area contributed by atoms with Gasteiger partial charge in [0.2, 0.25) is 0 Å². The Bertz CT molecular complexity index is 440. The summed E-state index contributed by atoms with van der Waals surface area (Å²) in [7, 11) is 2.10. The third kappa shape index (κ3) is 3.60. The van der Waals surface area contributed by atoms with Crippen molar-refractivity contribution in [3.63, 3.8) is 0 Å². The van der Waals surface area contributed by atoms with Crippen molar-refractivity contribution < 1.29 is 0 Å². The van der Waals surface area contributed by atoms with Crippen LogP contribution < -0.4 is 10.6 Å². The van der Waals surface area contributed by atoms with Crippen molar-refractivity contribution in [1.82, 2.24) is 14.9 Å². The Labute approximate surface area is 122 Å². The highest BCUT2D eigenvalue weighted by molar-refractivity contribution is 5.56. The second-order valence-corrected chi connectivity index (χ2v) is 5.69. The molecule has 0 amide bonds. The zero-order chi connectivity index (χ0) is 14.5. The second kappa shape index (κ2) is 6.88. The molecular weight excluding hydrogens is 250 g/mol. The van der Waals surface area contributed by atoms with Gasteiger partial charge in [-0.1, -0.05) is 6.92 Å². The molecule has 0 unspecified atom stereocenters. The summed E-state index contributed by atoms with van der Waals surface area (Å²) in [5.41, 5.74) is 7.01. The molecule has 0 spiro atoms. The quantitative estimate of drug-likeness (QED) is 0.860. The van der Waals surface area contributed by atoms with Crippen molar-refractivity contribution in [3.8, 4) is 0 Å². The summed E-state index contributed by atoms with van der Waals surface area (Å²) in [6.45, 7) is 8.70. The van der Waals surface area contributed by atoms with Gasteiger partial charge >= 0.3 is 0 Å². The molecule has 0 bridgehead atoms. The van der Waals surface area contributed by atoms with Gasteiger partial charge in [0.15, 0.2) is 0 Å². The topological polar surface area (TPSA) is 58.3 Å². The van der Waals surface area contributed by atoms with Gasteiger partial charge < -0.3 is 15.5 Å². The van der Waals surface area contributed by atoms with Crippen LogP contribution in [0.25, 0.3) is 0 Å². The molecule has 0 saturated carbocycles. The van der Waals surface area contributed by atoms with Crippen LogP contribution in [0.4, 0.5) is 11.6 Å². The summed E-state index contributed by atoms with van der Waals surface area (Å²) < 4.78 is 0. The maximum absolute atomic E-state index is 6.02. The van der Waals surface area contributed by atoms with Crippen LogP contribution in [0.3, 0.4) is 0 Å². The molecule has 5 heteroatoms. The summed E-state index contributed by atoms with van der Waals surface area (Å²) >= 11 is 0. The zero-order valence-corrected chi connectivity index (χ0v) is 13.0. The van der Waals surface area contributed by atoms with Crippen LogP contribution in [0, 0.1) is 6.92 Å². The monoisotopic (exact) mass is 277 g/mol. The van der Waals surface area contributed by atoms with E-state index in [9.17, 15) is 0 Å². The number of rotatable bonds is 6. The van der Waals surface area contributed by atoms with E-state index in [-0.39, 0.29) is 0 Å². The van der Waals surface area contributed by atoms with Crippen LogP contribution in [0.5, 0.6) is 0 Å². The molecule has 1 aromatic rings. The molecule has 0 radical (unpaired) electrons. The molecule has 1 fully saturated rings. The van der Waals surface area contributed by atoms with Crippen molar-refractivity contribution >= 4 is 11.6 Å². The molecule has 0 atom stereocenters. The summed E-state index contributed by atoms with van der Waals surface area (Å²) in [5, 5.41) is 0. The predicted molar refractivity (Wildman–Crippen MR) is 84.1 cm³/mol. The Balaban J connectivity index is 2.05. The molecule has 1 aliphatic heterocycles. The van der Waals surface area contributed by atoms with Crippen molar-refractivity contribution in [1.29, 1.82) is 0 Å². The maximum atomic E-state index is 6.02. The minimum atomic E-state index is 0.617. The lowest BCUT2D eigenvalue weighted by Crippen LogP contribution is -2.32. The number of likely N-dealkylation sites (tertiary alicyclic amines) is 1. The van der Waals surface area contributed by atoms with Crippen LogP contribution in [-0.2, 0) is 6.42 Å². The highest BCUT2D eigenvalue weighted by Crippen LogP contribution is 2.21. The predicted octanol–water partition coefficient (Wildman–Crippen LogP) is 1.85. The van der Waals surface area contributed by atoms with Crippen LogP contribution in [0.1, 0.15) is 37.6 Å². The van der Waals surface area contributed by atoms with Crippen LogP contribution in [-0.4, -0.2) is 48.1 Å².